The Hall–Kier alpha value is -1.71. The number of hydrogen-bond acceptors (Lipinski definition) is 3. The Morgan fingerprint density at radius 2 is 1.73 bits per heavy atom. The average Bonchev–Trinajstić information content (AvgIpc) is 2.06. The lowest BCUT2D eigenvalue weighted by atomic mass is 9.82. The van der Waals surface area contributed by atoms with Crippen LogP contribution in [0.3, 0.4) is 0 Å². The molecule has 0 saturated heterocycles. The molecule has 7 N–H and O–H groups in total. The van der Waals surface area contributed by atoms with Gasteiger partial charge in [-0.3, -0.25) is 5.41 Å². The first-order valence-corrected chi connectivity index (χ1v) is 4.78. The first kappa shape index (κ1) is 11.4. The van der Waals surface area contributed by atoms with Crippen LogP contribution < -0.4 is 17.2 Å². The monoisotopic (exact) mass is 206 g/mol. The predicted molar refractivity (Wildman–Crippen MR) is 65.0 cm³/mol. The lowest BCUT2D eigenvalue weighted by Crippen LogP contribution is -2.23. The van der Waals surface area contributed by atoms with Crippen LogP contribution in [0.25, 0.3) is 0 Å². The van der Waals surface area contributed by atoms with E-state index in [0.717, 1.165) is 5.56 Å². The number of anilines is 2. The molecule has 1 aromatic rings. The number of rotatable bonds is 1. The Morgan fingerprint density at radius 3 is 2.13 bits per heavy atom. The molecule has 0 aliphatic carbocycles. The van der Waals surface area contributed by atoms with Crippen molar-refractivity contribution >= 4 is 17.2 Å². The maximum atomic E-state index is 7.54. The average molecular weight is 206 g/mol. The predicted octanol–water partition coefficient (Wildman–Crippen LogP) is 1.43. The molecule has 15 heavy (non-hydrogen) atoms. The van der Waals surface area contributed by atoms with Crippen molar-refractivity contribution < 1.29 is 0 Å². The first-order chi connectivity index (χ1) is 6.75. The van der Waals surface area contributed by atoms with Gasteiger partial charge in [0.2, 0.25) is 0 Å². The van der Waals surface area contributed by atoms with Crippen LogP contribution in [0.5, 0.6) is 0 Å². The van der Waals surface area contributed by atoms with E-state index in [2.05, 4.69) is 0 Å². The summed E-state index contributed by atoms with van der Waals surface area (Å²) in [7, 11) is 0. The third-order valence-electron chi connectivity index (χ3n) is 2.36. The van der Waals surface area contributed by atoms with E-state index >= 15 is 0 Å². The second kappa shape index (κ2) is 3.46. The van der Waals surface area contributed by atoms with Crippen LogP contribution in [0, 0.1) is 5.41 Å². The Morgan fingerprint density at radius 1 is 1.20 bits per heavy atom. The molecule has 0 unspecified atom stereocenters. The Bertz CT molecular complexity index is 402. The van der Waals surface area contributed by atoms with E-state index in [4.69, 9.17) is 22.6 Å². The summed E-state index contributed by atoms with van der Waals surface area (Å²) in [6.07, 6.45) is 0. The van der Waals surface area contributed by atoms with Crippen molar-refractivity contribution in [2.75, 3.05) is 11.5 Å². The number of nitrogen functional groups attached to an aromatic ring is 3. The fourth-order valence-electron chi connectivity index (χ4n) is 1.55. The van der Waals surface area contributed by atoms with Gasteiger partial charge >= 0.3 is 0 Å². The van der Waals surface area contributed by atoms with Crippen molar-refractivity contribution in [3.05, 3.63) is 23.3 Å². The fourth-order valence-corrected chi connectivity index (χ4v) is 1.55. The summed E-state index contributed by atoms with van der Waals surface area (Å²) >= 11 is 0. The van der Waals surface area contributed by atoms with Crippen LogP contribution in [0.1, 0.15) is 31.9 Å². The van der Waals surface area contributed by atoms with Crippen molar-refractivity contribution in [3.63, 3.8) is 0 Å². The van der Waals surface area contributed by atoms with Gasteiger partial charge < -0.3 is 17.2 Å². The summed E-state index contributed by atoms with van der Waals surface area (Å²) in [5.41, 5.74) is 19.3. The number of hydrogen-bond donors (Lipinski definition) is 4. The maximum Gasteiger partial charge on any atom is 0.125 e. The Labute approximate surface area is 90.0 Å². The molecule has 0 radical (unpaired) electrons. The molecule has 0 aromatic heterocycles. The summed E-state index contributed by atoms with van der Waals surface area (Å²) in [6, 6.07) is 3.63. The molecule has 0 aliphatic rings. The zero-order valence-electron chi connectivity index (χ0n) is 9.39. The Kier molecular flexibility index (Phi) is 2.62. The highest BCUT2D eigenvalue weighted by molar-refractivity contribution is 6.03. The molecule has 0 spiro atoms. The van der Waals surface area contributed by atoms with E-state index < -0.39 is 0 Å². The molecule has 0 amide bonds. The third kappa shape index (κ3) is 2.03. The zero-order valence-corrected chi connectivity index (χ0v) is 9.39. The minimum absolute atomic E-state index is 0.0373. The number of amidine groups is 1. The molecular weight excluding hydrogens is 188 g/mol. The molecule has 1 rings (SSSR count). The molecule has 1 aromatic carbocycles. The smallest absolute Gasteiger partial charge is 0.125 e. The van der Waals surface area contributed by atoms with E-state index in [9.17, 15) is 0 Å². The normalized spacial score (nSPS) is 11.4. The molecule has 4 heteroatoms. The largest absolute Gasteiger partial charge is 0.397 e. The van der Waals surface area contributed by atoms with E-state index in [1.165, 1.54) is 0 Å². The second-order valence-corrected chi connectivity index (χ2v) is 4.65. The van der Waals surface area contributed by atoms with Crippen molar-refractivity contribution in [3.8, 4) is 0 Å². The zero-order chi connectivity index (χ0) is 11.8. The van der Waals surface area contributed by atoms with E-state index in [1.54, 1.807) is 6.07 Å². The number of benzene rings is 1. The molecule has 0 saturated carbocycles. The standard InChI is InChI=1S/C11H18N4/c1-11(2,3)6-4-5-7(12)9(13)8(6)10(14)15/h4-5H,12-13H2,1-3H3,(H3,14,15). The quantitative estimate of drug-likeness (QED) is 0.317. The highest BCUT2D eigenvalue weighted by atomic mass is 14.7. The highest BCUT2D eigenvalue weighted by Crippen LogP contribution is 2.31. The molecule has 0 fully saturated rings. The van der Waals surface area contributed by atoms with Crippen molar-refractivity contribution in [2.24, 2.45) is 5.73 Å². The van der Waals surface area contributed by atoms with Gasteiger partial charge in [0, 0.05) is 5.56 Å². The molecular formula is C11H18N4. The second-order valence-electron chi connectivity index (χ2n) is 4.65. The molecule has 4 nitrogen and oxygen atoms in total. The van der Waals surface area contributed by atoms with Gasteiger partial charge in [-0.1, -0.05) is 26.8 Å². The fraction of sp³-hybridized carbons (Fsp3) is 0.364. The van der Waals surface area contributed by atoms with Crippen molar-refractivity contribution in [1.82, 2.24) is 0 Å². The molecule has 0 atom stereocenters. The van der Waals surface area contributed by atoms with Gasteiger partial charge in [-0.05, 0) is 17.0 Å². The van der Waals surface area contributed by atoms with Gasteiger partial charge in [-0.15, -0.1) is 0 Å². The third-order valence-corrected chi connectivity index (χ3v) is 2.36. The first-order valence-electron chi connectivity index (χ1n) is 4.78. The highest BCUT2D eigenvalue weighted by Gasteiger charge is 2.21. The molecule has 0 heterocycles. The van der Waals surface area contributed by atoms with Gasteiger partial charge in [0.15, 0.2) is 0 Å². The van der Waals surface area contributed by atoms with Crippen LogP contribution in [0.15, 0.2) is 12.1 Å². The van der Waals surface area contributed by atoms with Crippen molar-refractivity contribution in [2.45, 2.75) is 26.2 Å². The maximum absolute atomic E-state index is 7.54. The van der Waals surface area contributed by atoms with Crippen LogP contribution in [0.4, 0.5) is 11.4 Å². The summed E-state index contributed by atoms with van der Waals surface area (Å²) in [5, 5.41) is 7.54. The van der Waals surface area contributed by atoms with Gasteiger partial charge in [0.1, 0.15) is 5.84 Å². The van der Waals surface area contributed by atoms with Crippen LogP contribution in [0.2, 0.25) is 0 Å². The van der Waals surface area contributed by atoms with Crippen LogP contribution >= 0.6 is 0 Å². The summed E-state index contributed by atoms with van der Waals surface area (Å²) < 4.78 is 0. The van der Waals surface area contributed by atoms with Crippen molar-refractivity contribution in [1.29, 1.82) is 5.41 Å². The molecule has 82 valence electrons. The van der Waals surface area contributed by atoms with Crippen LogP contribution in [-0.4, -0.2) is 5.84 Å². The number of nitrogens with one attached hydrogen (secondary N) is 1. The van der Waals surface area contributed by atoms with Crippen LogP contribution in [-0.2, 0) is 5.41 Å². The lowest BCUT2D eigenvalue weighted by Gasteiger charge is -2.24. The van der Waals surface area contributed by atoms with Gasteiger partial charge in [0.25, 0.3) is 0 Å². The molecule has 0 aliphatic heterocycles. The Balaban J connectivity index is 3.55. The lowest BCUT2D eigenvalue weighted by molar-refractivity contribution is 0.589. The van der Waals surface area contributed by atoms with Gasteiger partial charge in [-0.25, -0.2) is 0 Å². The molecule has 0 bridgehead atoms. The van der Waals surface area contributed by atoms with E-state index in [-0.39, 0.29) is 11.3 Å². The van der Waals surface area contributed by atoms with Gasteiger partial charge in [-0.2, -0.15) is 0 Å². The SMILES string of the molecule is CC(C)(C)c1ccc(N)c(N)c1C(=N)N. The van der Waals surface area contributed by atoms with Gasteiger partial charge in [0.05, 0.1) is 11.4 Å². The topological polar surface area (TPSA) is 102 Å². The number of nitrogens with two attached hydrogens (primary N) is 3. The minimum Gasteiger partial charge on any atom is -0.397 e. The minimum atomic E-state index is -0.108. The van der Waals surface area contributed by atoms with E-state index in [0.29, 0.717) is 16.9 Å². The summed E-state index contributed by atoms with van der Waals surface area (Å²) in [6.45, 7) is 6.14. The summed E-state index contributed by atoms with van der Waals surface area (Å²) in [5.74, 6) is -0.0373. The van der Waals surface area contributed by atoms with E-state index in [1.807, 2.05) is 26.8 Å². The summed E-state index contributed by atoms with van der Waals surface area (Å²) in [4.78, 5) is 0.